The number of pyridine rings is 1. The summed E-state index contributed by atoms with van der Waals surface area (Å²) < 4.78 is 10.2. The minimum atomic E-state index is -0.538. The monoisotopic (exact) mass is 210 g/mol. The second-order valence-electron chi connectivity index (χ2n) is 3.24. The van der Waals surface area contributed by atoms with Crippen LogP contribution in [-0.2, 0) is 0 Å². The van der Waals surface area contributed by atoms with Crippen molar-refractivity contribution in [3.63, 3.8) is 0 Å². The van der Waals surface area contributed by atoms with Crippen LogP contribution in [0.5, 0.6) is 11.6 Å². The molecule has 80 valence electrons. The molecule has 1 fully saturated rings. The highest BCUT2D eigenvalue weighted by Gasteiger charge is 2.30. The first-order chi connectivity index (χ1) is 7.22. The van der Waals surface area contributed by atoms with Gasteiger partial charge in [-0.2, -0.15) is 0 Å². The normalized spacial score (nSPS) is 14.7. The summed E-state index contributed by atoms with van der Waals surface area (Å²) in [5.41, 5.74) is -0.202. The van der Waals surface area contributed by atoms with Crippen molar-refractivity contribution in [2.24, 2.45) is 0 Å². The van der Waals surface area contributed by atoms with Gasteiger partial charge in [0.05, 0.1) is 18.1 Å². The van der Waals surface area contributed by atoms with Gasteiger partial charge in [-0.3, -0.25) is 10.1 Å². The molecule has 0 spiro atoms. The van der Waals surface area contributed by atoms with Crippen molar-refractivity contribution in [1.29, 1.82) is 0 Å². The number of methoxy groups -OCH3 is 1. The Balaban J connectivity index is 2.37. The Labute approximate surface area is 86.0 Å². The molecule has 0 saturated heterocycles. The molecule has 2 rings (SSSR count). The summed E-state index contributed by atoms with van der Waals surface area (Å²) in [4.78, 5) is 14.0. The van der Waals surface area contributed by atoms with Crippen LogP contribution in [0.1, 0.15) is 12.8 Å². The van der Waals surface area contributed by atoms with E-state index in [-0.39, 0.29) is 23.4 Å². The predicted octanol–water partition coefficient (Wildman–Crippen LogP) is 1.54. The molecule has 1 aromatic rings. The van der Waals surface area contributed by atoms with E-state index in [0.29, 0.717) is 0 Å². The molecule has 6 heteroatoms. The van der Waals surface area contributed by atoms with Gasteiger partial charge < -0.3 is 9.47 Å². The summed E-state index contributed by atoms with van der Waals surface area (Å²) in [5.74, 6) is 0.215. The van der Waals surface area contributed by atoms with E-state index >= 15 is 0 Å². The molecule has 1 heterocycles. The van der Waals surface area contributed by atoms with Crippen LogP contribution in [0.25, 0.3) is 0 Å². The molecule has 0 radical (unpaired) electrons. The lowest BCUT2D eigenvalue weighted by Crippen LogP contribution is -2.03. The van der Waals surface area contributed by atoms with E-state index in [9.17, 15) is 10.1 Å². The van der Waals surface area contributed by atoms with Crippen LogP contribution in [0.4, 0.5) is 5.69 Å². The van der Waals surface area contributed by atoms with Gasteiger partial charge >= 0.3 is 5.69 Å². The van der Waals surface area contributed by atoms with Crippen molar-refractivity contribution < 1.29 is 14.4 Å². The molecule has 0 atom stereocenters. The Morgan fingerprint density at radius 1 is 1.60 bits per heavy atom. The zero-order valence-electron chi connectivity index (χ0n) is 8.17. The van der Waals surface area contributed by atoms with E-state index in [2.05, 4.69) is 4.98 Å². The number of aromatic nitrogens is 1. The summed E-state index contributed by atoms with van der Waals surface area (Å²) in [7, 11) is 1.34. The van der Waals surface area contributed by atoms with Gasteiger partial charge in [-0.25, -0.2) is 4.98 Å². The van der Waals surface area contributed by atoms with Crippen LogP contribution in [0.3, 0.4) is 0 Å². The number of nitro groups is 1. The van der Waals surface area contributed by atoms with E-state index in [1.54, 1.807) is 0 Å². The van der Waals surface area contributed by atoms with Crippen molar-refractivity contribution >= 4 is 5.69 Å². The van der Waals surface area contributed by atoms with Crippen LogP contribution < -0.4 is 9.47 Å². The van der Waals surface area contributed by atoms with E-state index in [4.69, 9.17) is 9.47 Å². The molecule has 15 heavy (non-hydrogen) atoms. The number of ether oxygens (including phenoxy) is 2. The second kappa shape index (κ2) is 3.72. The molecule has 0 N–H and O–H groups in total. The van der Waals surface area contributed by atoms with Crippen molar-refractivity contribution in [1.82, 2.24) is 4.98 Å². The van der Waals surface area contributed by atoms with E-state index in [1.807, 2.05) is 0 Å². The molecule has 0 aliphatic heterocycles. The van der Waals surface area contributed by atoms with Crippen molar-refractivity contribution in [2.75, 3.05) is 7.11 Å². The lowest BCUT2D eigenvalue weighted by Gasteiger charge is -2.06. The first kappa shape index (κ1) is 9.70. The molecule has 1 aliphatic carbocycles. The minimum absolute atomic E-state index is 0.0156. The first-order valence-corrected chi connectivity index (χ1v) is 4.56. The number of nitrogens with zero attached hydrogens (tertiary/aromatic N) is 2. The number of rotatable bonds is 4. The van der Waals surface area contributed by atoms with Gasteiger partial charge in [0, 0.05) is 12.3 Å². The summed E-state index contributed by atoms with van der Waals surface area (Å²) in [5, 5.41) is 10.8. The summed E-state index contributed by atoms with van der Waals surface area (Å²) >= 11 is 0. The van der Waals surface area contributed by atoms with E-state index < -0.39 is 4.92 Å². The molecule has 1 aromatic heterocycles. The SMILES string of the molecule is COc1nccc(OC2CC2)c1[N+](=O)[O-]. The van der Waals surface area contributed by atoms with Crippen LogP contribution in [0, 0.1) is 10.1 Å². The molecule has 0 aromatic carbocycles. The van der Waals surface area contributed by atoms with Gasteiger partial charge in [-0.1, -0.05) is 0 Å². The molecular formula is C9H10N2O4. The molecule has 0 amide bonds. The molecule has 1 aliphatic rings. The number of hydrogen-bond donors (Lipinski definition) is 0. The number of hydrogen-bond acceptors (Lipinski definition) is 5. The Kier molecular flexibility index (Phi) is 2.40. The maximum absolute atomic E-state index is 10.8. The van der Waals surface area contributed by atoms with Crippen molar-refractivity contribution in [2.45, 2.75) is 18.9 Å². The van der Waals surface area contributed by atoms with Gasteiger partial charge in [0.2, 0.25) is 5.75 Å². The Morgan fingerprint density at radius 2 is 2.33 bits per heavy atom. The molecule has 6 nitrogen and oxygen atoms in total. The third-order valence-corrected chi connectivity index (χ3v) is 2.05. The van der Waals surface area contributed by atoms with Crippen LogP contribution in [-0.4, -0.2) is 23.1 Å². The van der Waals surface area contributed by atoms with Crippen molar-refractivity contribution in [3.05, 3.63) is 22.4 Å². The van der Waals surface area contributed by atoms with Crippen LogP contribution in [0.2, 0.25) is 0 Å². The Morgan fingerprint density at radius 3 is 2.87 bits per heavy atom. The lowest BCUT2D eigenvalue weighted by molar-refractivity contribution is -0.387. The molecular weight excluding hydrogens is 200 g/mol. The van der Waals surface area contributed by atoms with Crippen LogP contribution >= 0.6 is 0 Å². The van der Waals surface area contributed by atoms with Crippen LogP contribution in [0.15, 0.2) is 12.3 Å². The Hall–Kier alpha value is -1.85. The molecule has 0 unspecified atom stereocenters. The molecule has 1 saturated carbocycles. The highest BCUT2D eigenvalue weighted by Crippen LogP contribution is 2.37. The highest BCUT2D eigenvalue weighted by atomic mass is 16.6. The quantitative estimate of drug-likeness (QED) is 0.556. The maximum atomic E-state index is 10.8. The van der Waals surface area contributed by atoms with Gasteiger partial charge in [0.15, 0.2) is 0 Å². The van der Waals surface area contributed by atoms with Gasteiger partial charge in [0.25, 0.3) is 5.88 Å². The summed E-state index contributed by atoms with van der Waals surface area (Å²) in [6.07, 6.45) is 3.43. The third kappa shape index (κ3) is 1.98. The summed E-state index contributed by atoms with van der Waals surface area (Å²) in [6.45, 7) is 0. The van der Waals surface area contributed by atoms with E-state index in [0.717, 1.165) is 12.8 Å². The standard InChI is InChI=1S/C9H10N2O4/c1-14-9-8(11(12)13)7(4-5-10-9)15-6-2-3-6/h4-6H,2-3H2,1H3. The zero-order valence-corrected chi connectivity index (χ0v) is 8.17. The topological polar surface area (TPSA) is 74.5 Å². The first-order valence-electron chi connectivity index (χ1n) is 4.56. The predicted molar refractivity (Wildman–Crippen MR) is 51.1 cm³/mol. The Bertz CT molecular complexity index is 390. The molecule has 0 bridgehead atoms. The second-order valence-corrected chi connectivity index (χ2v) is 3.24. The smallest absolute Gasteiger partial charge is 0.372 e. The van der Waals surface area contributed by atoms with Gasteiger partial charge in [0.1, 0.15) is 0 Å². The van der Waals surface area contributed by atoms with E-state index in [1.165, 1.54) is 19.4 Å². The minimum Gasteiger partial charge on any atom is -0.483 e. The average Bonchev–Trinajstić information content (AvgIpc) is 3.01. The van der Waals surface area contributed by atoms with Gasteiger partial charge in [-0.15, -0.1) is 0 Å². The average molecular weight is 210 g/mol. The third-order valence-electron chi connectivity index (χ3n) is 2.05. The largest absolute Gasteiger partial charge is 0.483 e. The highest BCUT2D eigenvalue weighted by molar-refractivity contribution is 5.53. The summed E-state index contributed by atoms with van der Waals surface area (Å²) in [6, 6.07) is 1.49. The fourth-order valence-corrected chi connectivity index (χ4v) is 1.20. The van der Waals surface area contributed by atoms with Gasteiger partial charge in [-0.05, 0) is 12.8 Å². The fourth-order valence-electron chi connectivity index (χ4n) is 1.20. The van der Waals surface area contributed by atoms with Crippen molar-refractivity contribution in [3.8, 4) is 11.6 Å². The lowest BCUT2D eigenvalue weighted by atomic mass is 10.4. The fraction of sp³-hybridized carbons (Fsp3) is 0.444. The zero-order chi connectivity index (χ0) is 10.8. The maximum Gasteiger partial charge on any atom is 0.372 e.